The van der Waals surface area contributed by atoms with E-state index >= 15 is 0 Å². The van der Waals surface area contributed by atoms with Gasteiger partial charge in [0.05, 0.1) is 0 Å². The molecule has 98 valence electrons. The Bertz CT molecular complexity index is 596. The van der Waals surface area contributed by atoms with Gasteiger partial charge in [-0.15, -0.1) is 0 Å². The lowest BCUT2D eigenvalue weighted by Gasteiger charge is -2.14. The molecule has 0 bridgehead atoms. The highest BCUT2D eigenvalue weighted by Gasteiger charge is 2.06. The van der Waals surface area contributed by atoms with Gasteiger partial charge in [0, 0.05) is 34.6 Å². The summed E-state index contributed by atoms with van der Waals surface area (Å²) in [6.45, 7) is 0. The summed E-state index contributed by atoms with van der Waals surface area (Å²) in [5, 5.41) is 2.91. The molecule has 4 heteroatoms. The fourth-order valence-electron chi connectivity index (χ4n) is 1.69. The number of carbonyl (C=O) groups excluding carboxylic acids is 1. The summed E-state index contributed by atoms with van der Waals surface area (Å²) in [5.74, 6) is -0.0885. The van der Waals surface area contributed by atoms with Crippen LogP contribution in [0.5, 0.6) is 0 Å². The molecule has 0 saturated heterocycles. The van der Waals surface area contributed by atoms with Crippen molar-refractivity contribution in [2.75, 3.05) is 24.3 Å². The molecule has 0 aliphatic carbocycles. The monoisotopic (exact) mass is 366 g/mol. The molecule has 0 atom stereocenters. The van der Waals surface area contributed by atoms with Crippen LogP contribution < -0.4 is 10.2 Å². The summed E-state index contributed by atoms with van der Waals surface area (Å²) in [4.78, 5) is 14.1. The molecular weight excluding hydrogens is 351 g/mol. The van der Waals surface area contributed by atoms with E-state index in [0.717, 1.165) is 14.9 Å². The highest BCUT2D eigenvalue weighted by atomic mass is 127. The fraction of sp³-hybridized carbons (Fsp3) is 0.133. The predicted octanol–water partition coefficient (Wildman–Crippen LogP) is 3.61. The molecule has 3 nitrogen and oxygen atoms in total. The van der Waals surface area contributed by atoms with Gasteiger partial charge in [-0.1, -0.05) is 12.1 Å². The largest absolute Gasteiger partial charge is 0.378 e. The van der Waals surface area contributed by atoms with E-state index in [1.807, 2.05) is 67.5 Å². The Kier molecular flexibility index (Phi) is 4.42. The Morgan fingerprint density at radius 2 is 1.84 bits per heavy atom. The third-order valence-electron chi connectivity index (χ3n) is 2.71. The molecule has 0 spiro atoms. The van der Waals surface area contributed by atoms with Crippen LogP contribution in [-0.4, -0.2) is 20.0 Å². The molecule has 2 aromatic rings. The van der Waals surface area contributed by atoms with Crippen molar-refractivity contribution >= 4 is 39.9 Å². The molecule has 0 heterocycles. The van der Waals surface area contributed by atoms with Crippen LogP contribution in [0.2, 0.25) is 0 Å². The summed E-state index contributed by atoms with van der Waals surface area (Å²) in [6, 6.07) is 15.3. The topological polar surface area (TPSA) is 32.3 Å². The Morgan fingerprint density at radius 1 is 1.11 bits per heavy atom. The van der Waals surface area contributed by atoms with Crippen molar-refractivity contribution in [2.45, 2.75) is 0 Å². The van der Waals surface area contributed by atoms with Gasteiger partial charge in [-0.25, -0.2) is 0 Å². The van der Waals surface area contributed by atoms with Crippen LogP contribution >= 0.6 is 22.6 Å². The van der Waals surface area contributed by atoms with Gasteiger partial charge in [-0.2, -0.15) is 0 Å². The Hall–Kier alpha value is -1.56. The molecule has 0 fully saturated rings. The van der Waals surface area contributed by atoms with E-state index < -0.39 is 0 Å². The van der Waals surface area contributed by atoms with Crippen LogP contribution in [-0.2, 0) is 0 Å². The Balaban J connectivity index is 2.17. The molecule has 2 rings (SSSR count). The van der Waals surface area contributed by atoms with E-state index in [2.05, 4.69) is 27.9 Å². The third kappa shape index (κ3) is 3.70. The minimum absolute atomic E-state index is 0.0885. The fourth-order valence-corrected chi connectivity index (χ4v) is 2.24. The SMILES string of the molecule is CN(C)c1cccc(NC(=O)c2cccc(I)c2)c1. The van der Waals surface area contributed by atoms with Gasteiger partial charge in [-0.05, 0) is 59.0 Å². The number of halogens is 1. The van der Waals surface area contributed by atoms with Crippen molar-refractivity contribution in [2.24, 2.45) is 0 Å². The van der Waals surface area contributed by atoms with Gasteiger partial charge in [0.25, 0.3) is 5.91 Å². The van der Waals surface area contributed by atoms with E-state index in [-0.39, 0.29) is 5.91 Å². The lowest BCUT2D eigenvalue weighted by atomic mass is 10.2. The number of carbonyl (C=O) groups is 1. The Labute approximate surface area is 126 Å². The van der Waals surface area contributed by atoms with Gasteiger partial charge in [0.2, 0.25) is 0 Å². The molecule has 0 unspecified atom stereocenters. The van der Waals surface area contributed by atoms with Gasteiger partial charge in [0.15, 0.2) is 0 Å². The molecule has 1 amide bonds. The molecule has 0 aliphatic rings. The van der Waals surface area contributed by atoms with E-state index in [4.69, 9.17) is 0 Å². The zero-order valence-corrected chi connectivity index (χ0v) is 13.0. The number of hydrogen-bond donors (Lipinski definition) is 1. The second-order valence-corrected chi connectivity index (χ2v) is 5.65. The van der Waals surface area contributed by atoms with Crippen molar-refractivity contribution in [3.63, 3.8) is 0 Å². The quantitative estimate of drug-likeness (QED) is 0.842. The number of benzene rings is 2. The summed E-state index contributed by atoms with van der Waals surface area (Å²) in [6.07, 6.45) is 0. The number of rotatable bonds is 3. The first kappa shape index (κ1) is 13.9. The van der Waals surface area contributed by atoms with E-state index in [1.165, 1.54) is 0 Å². The minimum Gasteiger partial charge on any atom is -0.378 e. The number of amides is 1. The summed E-state index contributed by atoms with van der Waals surface area (Å²) in [5.41, 5.74) is 2.53. The van der Waals surface area contributed by atoms with Crippen LogP contribution in [0, 0.1) is 3.57 Å². The first-order valence-electron chi connectivity index (χ1n) is 5.90. The minimum atomic E-state index is -0.0885. The average Bonchev–Trinajstić information content (AvgIpc) is 2.39. The average molecular weight is 366 g/mol. The molecule has 1 N–H and O–H groups in total. The predicted molar refractivity (Wildman–Crippen MR) is 87.9 cm³/mol. The highest BCUT2D eigenvalue weighted by Crippen LogP contribution is 2.18. The molecular formula is C15H15IN2O. The second kappa shape index (κ2) is 6.06. The van der Waals surface area contributed by atoms with Gasteiger partial charge < -0.3 is 10.2 Å². The van der Waals surface area contributed by atoms with Gasteiger partial charge >= 0.3 is 0 Å². The highest BCUT2D eigenvalue weighted by molar-refractivity contribution is 14.1. The summed E-state index contributed by atoms with van der Waals surface area (Å²) in [7, 11) is 3.95. The number of nitrogens with zero attached hydrogens (tertiary/aromatic N) is 1. The molecule has 0 saturated carbocycles. The van der Waals surface area contributed by atoms with Crippen LogP contribution in [0.15, 0.2) is 48.5 Å². The number of nitrogens with one attached hydrogen (secondary N) is 1. The lowest BCUT2D eigenvalue weighted by Crippen LogP contribution is -2.13. The maximum Gasteiger partial charge on any atom is 0.255 e. The zero-order valence-electron chi connectivity index (χ0n) is 10.9. The second-order valence-electron chi connectivity index (χ2n) is 4.41. The maximum atomic E-state index is 12.1. The normalized spacial score (nSPS) is 10.1. The summed E-state index contributed by atoms with van der Waals surface area (Å²) < 4.78 is 1.05. The first-order valence-corrected chi connectivity index (χ1v) is 6.98. The van der Waals surface area contributed by atoms with Crippen molar-refractivity contribution in [1.82, 2.24) is 0 Å². The van der Waals surface area contributed by atoms with Crippen molar-refractivity contribution in [1.29, 1.82) is 0 Å². The third-order valence-corrected chi connectivity index (χ3v) is 3.38. The van der Waals surface area contributed by atoms with Crippen molar-refractivity contribution < 1.29 is 4.79 Å². The molecule has 0 aliphatic heterocycles. The van der Waals surface area contributed by atoms with Gasteiger partial charge in [-0.3, -0.25) is 4.79 Å². The van der Waals surface area contributed by atoms with Crippen molar-refractivity contribution in [3.05, 3.63) is 57.7 Å². The van der Waals surface area contributed by atoms with E-state index in [9.17, 15) is 4.79 Å². The standard InChI is InChI=1S/C15H15IN2O/c1-18(2)14-8-4-7-13(10-14)17-15(19)11-5-3-6-12(16)9-11/h3-10H,1-2H3,(H,17,19). The number of anilines is 2. The van der Waals surface area contributed by atoms with Crippen LogP contribution in [0.4, 0.5) is 11.4 Å². The van der Waals surface area contributed by atoms with Crippen molar-refractivity contribution in [3.8, 4) is 0 Å². The smallest absolute Gasteiger partial charge is 0.255 e. The Morgan fingerprint density at radius 3 is 2.53 bits per heavy atom. The number of hydrogen-bond acceptors (Lipinski definition) is 2. The first-order chi connectivity index (χ1) is 9.06. The van der Waals surface area contributed by atoms with Gasteiger partial charge in [0.1, 0.15) is 0 Å². The molecule has 0 radical (unpaired) electrons. The molecule has 0 aromatic heterocycles. The molecule has 2 aromatic carbocycles. The van der Waals surface area contributed by atoms with Crippen LogP contribution in [0.3, 0.4) is 0 Å². The van der Waals surface area contributed by atoms with Crippen LogP contribution in [0.1, 0.15) is 10.4 Å². The zero-order chi connectivity index (χ0) is 13.8. The maximum absolute atomic E-state index is 12.1. The summed E-state index contributed by atoms with van der Waals surface area (Å²) >= 11 is 2.20. The lowest BCUT2D eigenvalue weighted by molar-refractivity contribution is 0.102. The van der Waals surface area contributed by atoms with Crippen LogP contribution in [0.25, 0.3) is 0 Å². The van der Waals surface area contributed by atoms with E-state index in [0.29, 0.717) is 5.56 Å². The van der Waals surface area contributed by atoms with E-state index in [1.54, 1.807) is 0 Å². The molecule has 19 heavy (non-hydrogen) atoms.